The van der Waals surface area contributed by atoms with Crippen LogP contribution in [-0.2, 0) is 17.6 Å². The van der Waals surface area contributed by atoms with Crippen molar-refractivity contribution in [2.24, 2.45) is 5.73 Å². The van der Waals surface area contributed by atoms with E-state index in [1.165, 1.54) is 11.3 Å². The first-order valence-corrected chi connectivity index (χ1v) is 5.80. The number of hydrogen-bond acceptors (Lipinski definition) is 4. The van der Waals surface area contributed by atoms with E-state index in [-0.39, 0.29) is 0 Å². The van der Waals surface area contributed by atoms with E-state index in [2.05, 4.69) is 5.32 Å². The summed E-state index contributed by atoms with van der Waals surface area (Å²) in [6, 6.07) is 0. The highest BCUT2D eigenvalue weighted by Crippen LogP contribution is 2.38. The van der Waals surface area contributed by atoms with Gasteiger partial charge in [0.15, 0.2) is 0 Å². The van der Waals surface area contributed by atoms with Crippen molar-refractivity contribution in [2.45, 2.75) is 19.3 Å². The van der Waals surface area contributed by atoms with Crippen LogP contribution in [0.5, 0.6) is 0 Å². The molecule has 0 aromatic carbocycles. The maximum Gasteiger partial charge on any atom is 0.251 e. The van der Waals surface area contributed by atoms with E-state index in [4.69, 9.17) is 10.8 Å². The highest BCUT2D eigenvalue weighted by molar-refractivity contribution is 7.17. The number of rotatable bonds is 3. The first-order valence-electron chi connectivity index (χ1n) is 4.98. The Morgan fingerprint density at radius 1 is 1.44 bits per heavy atom. The molecule has 0 saturated carbocycles. The minimum Gasteiger partial charge on any atom is -0.387 e. The molecule has 5 nitrogen and oxygen atoms in total. The summed E-state index contributed by atoms with van der Waals surface area (Å²) in [5.74, 6) is -1.05. The summed E-state index contributed by atoms with van der Waals surface area (Å²) in [4.78, 5) is 23.5. The fourth-order valence-corrected chi connectivity index (χ4v) is 3.23. The van der Waals surface area contributed by atoms with Gasteiger partial charge in [0.05, 0.1) is 5.56 Å². The molecular weight excluding hydrogens is 228 g/mol. The number of aliphatic hydroxyl groups is 1. The van der Waals surface area contributed by atoms with Gasteiger partial charge in [0.25, 0.3) is 11.8 Å². The summed E-state index contributed by atoms with van der Waals surface area (Å²) in [6.45, 7) is -0.596. The number of amides is 2. The molecule has 2 rings (SSSR count). The number of fused-ring (bicyclic) bond motifs is 1. The third kappa shape index (κ3) is 1.81. The SMILES string of the molecule is NC(=O)c1c(NC(=O)CO)sc2c1CCC2. The average Bonchev–Trinajstić information content (AvgIpc) is 2.76. The van der Waals surface area contributed by atoms with Crippen molar-refractivity contribution in [3.8, 4) is 0 Å². The molecule has 1 aromatic heterocycles. The monoisotopic (exact) mass is 240 g/mol. The van der Waals surface area contributed by atoms with Crippen LogP contribution in [-0.4, -0.2) is 23.5 Å². The van der Waals surface area contributed by atoms with Crippen molar-refractivity contribution in [3.05, 3.63) is 16.0 Å². The summed E-state index contributed by atoms with van der Waals surface area (Å²) in [7, 11) is 0. The lowest BCUT2D eigenvalue weighted by Gasteiger charge is -2.03. The van der Waals surface area contributed by atoms with Gasteiger partial charge >= 0.3 is 0 Å². The molecule has 1 aliphatic rings. The van der Waals surface area contributed by atoms with Gasteiger partial charge in [0.2, 0.25) is 0 Å². The number of primary amides is 1. The van der Waals surface area contributed by atoms with Crippen molar-refractivity contribution in [2.75, 3.05) is 11.9 Å². The summed E-state index contributed by atoms with van der Waals surface area (Å²) >= 11 is 1.38. The van der Waals surface area contributed by atoms with E-state index >= 15 is 0 Å². The van der Waals surface area contributed by atoms with E-state index in [0.717, 1.165) is 29.7 Å². The lowest BCUT2D eigenvalue weighted by atomic mass is 10.1. The molecule has 0 fully saturated rings. The van der Waals surface area contributed by atoms with Crippen molar-refractivity contribution < 1.29 is 14.7 Å². The van der Waals surface area contributed by atoms with E-state index in [1.807, 2.05) is 0 Å². The van der Waals surface area contributed by atoms with Gasteiger partial charge in [0, 0.05) is 4.88 Å². The number of aryl methyl sites for hydroxylation is 1. The van der Waals surface area contributed by atoms with Crippen LogP contribution in [0.25, 0.3) is 0 Å². The minimum atomic E-state index is -0.596. The Morgan fingerprint density at radius 3 is 2.81 bits per heavy atom. The Morgan fingerprint density at radius 2 is 2.19 bits per heavy atom. The maximum atomic E-state index is 11.3. The summed E-state index contributed by atoms with van der Waals surface area (Å²) in [5, 5.41) is 11.6. The number of aliphatic hydroxyl groups excluding tert-OH is 1. The molecule has 16 heavy (non-hydrogen) atoms. The zero-order valence-corrected chi connectivity index (χ0v) is 9.39. The van der Waals surface area contributed by atoms with Crippen molar-refractivity contribution in [3.63, 3.8) is 0 Å². The third-order valence-corrected chi connectivity index (χ3v) is 3.77. The van der Waals surface area contributed by atoms with Crippen molar-refractivity contribution in [1.82, 2.24) is 0 Å². The fourth-order valence-electron chi connectivity index (χ4n) is 1.92. The third-order valence-electron chi connectivity index (χ3n) is 2.56. The molecular formula is C10H12N2O3S. The maximum absolute atomic E-state index is 11.3. The zero-order chi connectivity index (χ0) is 11.7. The molecule has 0 saturated heterocycles. The molecule has 0 atom stereocenters. The van der Waals surface area contributed by atoms with Gasteiger partial charge in [-0.2, -0.15) is 0 Å². The number of carbonyl (C=O) groups is 2. The predicted octanol–water partition coefficient (Wildman–Crippen LogP) is 0.266. The Bertz CT molecular complexity index is 453. The Labute approximate surface area is 96.3 Å². The lowest BCUT2D eigenvalue weighted by Crippen LogP contribution is -2.19. The number of hydrogen-bond donors (Lipinski definition) is 3. The van der Waals surface area contributed by atoms with Gasteiger partial charge in [-0.25, -0.2) is 0 Å². The molecule has 0 bridgehead atoms. The van der Waals surface area contributed by atoms with E-state index in [1.54, 1.807) is 0 Å². The van der Waals surface area contributed by atoms with Gasteiger partial charge in [-0.15, -0.1) is 11.3 Å². The van der Waals surface area contributed by atoms with Gasteiger partial charge in [-0.1, -0.05) is 0 Å². The van der Waals surface area contributed by atoms with Crippen LogP contribution in [0.15, 0.2) is 0 Å². The van der Waals surface area contributed by atoms with E-state index in [0.29, 0.717) is 10.6 Å². The van der Waals surface area contributed by atoms with E-state index in [9.17, 15) is 9.59 Å². The van der Waals surface area contributed by atoms with E-state index < -0.39 is 18.4 Å². The molecule has 0 aliphatic heterocycles. The molecule has 1 aliphatic carbocycles. The number of anilines is 1. The smallest absolute Gasteiger partial charge is 0.251 e. The van der Waals surface area contributed by atoms with Crippen LogP contribution in [0, 0.1) is 0 Å². The largest absolute Gasteiger partial charge is 0.387 e. The van der Waals surface area contributed by atoms with Crippen molar-refractivity contribution >= 4 is 28.2 Å². The highest BCUT2D eigenvalue weighted by atomic mass is 32.1. The molecule has 0 spiro atoms. The zero-order valence-electron chi connectivity index (χ0n) is 8.58. The number of thiophene rings is 1. The molecule has 1 heterocycles. The molecule has 1 aromatic rings. The lowest BCUT2D eigenvalue weighted by molar-refractivity contribution is -0.118. The average molecular weight is 240 g/mol. The topological polar surface area (TPSA) is 92.4 Å². The van der Waals surface area contributed by atoms with Crippen LogP contribution >= 0.6 is 11.3 Å². The Kier molecular flexibility index (Phi) is 2.93. The quantitative estimate of drug-likeness (QED) is 0.708. The second kappa shape index (κ2) is 4.23. The second-order valence-electron chi connectivity index (χ2n) is 3.63. The second-order valence-corrected chi connectivity index (χ2v) is 4.74. The molecule has 2 amide bonds. The highest BCUT2D eigenvalue weighted by Gasteiger charge is 2.25. The number of nitrogens with two attached hydrogens (primary N) is 1. The van der Waals surface area contributed by atoms with Gasteiger partial charge in [-0.05, 0) is 24.8 Å². The number of nitrogens with one attached hydrogen (secondary N) is 1. The van der Waals surface area contributed by atoms with Crippen LogP contribution in [0.1, 0.15) is 27.2 Å². The molecule has 86 valence electrons. The first-order chi connectivity index (χ1) is 7.63. The van der Waals surface area contributed by atoms with Gasteiger partial charge in [-0.3, -0.25) is 9.59 Å². The van der Waals surface area contributed by atoms with Crippen LogP contribution in [0.3, 0.4) is 0 Å². The Balaban J connectivity index is 2.38. The minimum absolute atomic E-state index is 0.416. The van der Waals surface area contributed by atoms with Crippen LogP contribution in [0.2, 0.25) is 0 Å². The van der Waals surface area contributed by atoms with Crippen LogP contribution in [0.4, 0.5) is 5.00 Å². The first kappa shape index (κ1) is 11.1. The Hall–Kier alpha value is -1.40. The van der Waals surface area contributed by atoms with Gasteiger partial charge < -0.3 is 16.2 Å². The summed E-state index contributed by atoms with van der Waals surface area (Å²) < 4.78 is 0. The fraction of sp³-hybridized carbons (Fsp3) is 0.400. The molecule has 4 N–H and O–H groups in total. The summed E-state index contributed by atoms with van der Waals surface area (Å²) in [6.07, 6.45) is 2.78. The van der Waals surface area contributed by atoms with Gasteiger partial charge in [0.1, 0.15) is 11.6 Å². The molecule has 6 heteroatoms. The molecule has 0 radical (unpaired) electrons. The summed E-state index contributed by atoms with van der Waals surface area (Å²) in [5.41, 5.74) is 6.68. The predicted molar refractivity (Wildman–Crippen MR) is 60.6 cm³/mol. The van der Waals surface area contributed by atoms with Crippen LogP contribution < -0.4 is 11.1 Å². The van der Waals surface area contributed by atoms with Crippen molar-refractivity contribution in [1.29, 1.82) is 0 Å². The standard InChI is InChI=1S/C10H12N2O3S/c11-9(15)8-5-2-1-3-6(5)16-10(8)12-7(14)4-13/h13H,1-4H2,(H2,11,15)(H,12,14). The number of carbonyl (C=O) groups excluding carboxylic acids is 2. The normalized spacial score (nSPS) is 13.6. The molecule has 0 unspecified atom stereocenters.